The smallest absolute Gasteiger partial charge is 0.353 e. The van der Waals surface area contributed by atoms with Crippen LogP contribution in [0.2, 0.25) is 0 Å². The molecule has 0 aliphatic carbocycles. The van der Waals surface area contributed by atoms with Crippen molar-refractivity contribution in [2.75, 3.05) is 6.54 Å². The first-order chi connectivity index (χ1) is 5.22. The summed E-state index contributed by atoms with van der Waals surface area (Å²) < 4.78 is 0. The van der Waals surface area contributed by atoms with Crippen molar-refractivity contribution in [1.82, 2.24) is 0 Å². The standard InChI is InChI=1S/C6H12N2O3/c7-4-2-1-3-5(8-11)6(9)10/h11H,1-4,7H2,(H,9,10). The number of hydrogen-bond donors (Lipinski definition) is 3. The van der Waals surface area contributed by atoms with Gasteiger partial charge in [-0.1, -0.05) is 5.16 Å². The van der Waals surface area contributed by atoms with Crippen LogP contribution in [0.3, 0.4) is 0 Å². The van der Waals surface area contributed by atoms with E-state index in [0.717, 1.165) is 6.42 Å². The molecular weight excluding hydrogens is 148 g/mol. The summed E-state index contributed by atoms with van der Waals surface area (Å²) in [6, 6.07) is 0. The normalized spacial score (nSPS) is 11.5. The molecule has 64 valence electrons. The zero-order valence-electron chi connectivity index (χ0n) is 6.16. The molecule has 0 fully saturated rings. The summed E-state index contributed by atoms with van der Waals surface area (Å²) >= 11 is 0. The highest BCUT2D eigenvalue weighted by molar-refractivity contribution is 6.35. The molecule has 0 spiro atoms. The molecule has 4 N–H and O–H groups in total. The van der Waals surface area contributed by atoms with Crippen LogP contribution < -0.4 is 5.73 Å². The van der Waals surface area contributed by atoms with E-state index in [0.29, 0.717) is 13.0 Å². The van der Waals surface area contributed by atoms with Gasteiger partial charge in [0.2, 0.25) is 0 Å². The Bertz CT molecular complexity index is 156. The molecule has 0 aliphatic heterocycles. The highest BCUT2D eigenvalue weighted by Crippen LogP contribution is 1.96. The molecule has 0 unspecified atom stereocenters. The Hall–Kier alpha value is -1.10. The van der Waals surface area contributed by atoms with E-state index in [4.69, 9.17) is 16.0 Å². The molecule has 11 heavy (non-hydrogen) atoms. The van der Waals surface area contributed by atoms with Gasteiger partial charge in [0.1, 0.15) is 0 Å². The molecule has 0 atom stereocenters. The van der Waals surface area contributed by atoms with Crippen LogP contribution in [0.1, 0.15) is 19.3 Å². The van der Waals surface area contributed by atoms with Crippen LogP contribution in [0, 0.1) is 0 Å². The maximum Gasteiger partial charge on any atom is 0.353 e. The van der Waals surface area contributed by atoms with Gasteiger partial charge in [-0.25, -0.2) is 4.79 Å². The lowest BCUT2D eigenvalue weighted by Gasteiger charge is -1.96. The number of carbonyl (C=O) groups is 1. The summed E-state index contributed by atoms with van der Waals surface area (Å²) in [6.45, 7) is 0.526. The number of hydrogen-bond acceptors (Lipinski definition) is 4. The summed E-state index contributed by atoms with van der Waals surface area (Å²) in [5, 5.41) is 19.2. The number of nitrogens with two attached hydrogens (primary N) is 1. The van der Waals surface area contributed by atoms with Gasteiger partial charge in [0.15, 0.2) is 5.71 Å². The molecule has 0 aromatic carbocycles. The predicted molar refractivity (Wildman–Crippen MR) is 39.8 cm³/mol. The van der Waals surface area contributed by atoms with E-state index in [-0.39, 0.29) is 12.1 Å². The Morgan fingerprint density at radius 2 is 2.09 bits per heavy atom. The highest BCUT2D eigenvalue weighted by Gasteiger charge is 2.08. The van der Waals surface area contributed by atoms with Gasteiger partial charge in [-0.15, -0.1) is 0 Å². The third-order valence-electron chi connectivity index (χ3n) is 1.24. The molecule has 0 aliphatic rings. The van der Waals surface area contributed by atoms with Crippen molar-refractivity contribution >= 4 is 11.7 Å². The third-order valence-corrected chi connectivity index (χ3v) is 1.24. The van der Waals surface area contributed by atoms with Crippen molar-refractivity contribution in [2.24, 2.45) is 10.9 Å². The monoisotopic (exact) mass is 160 g/mol. The predicted octanol–water partition coefficient (Wildman–Crippen LogP) is 0.0302. The number of aliphatic carboxylic acids is 1. The van der Waals surface area contributed by atoms with E-state index in [1.165, 1.54) is 0 Å². The lowest BCUT2D eigenvalue weighted by atomic mass is 10.2. The lowest BCUT2D eigenvalue weighted by molar-refractivity contribution is -0.129. The lowest BCUT2D eigenvalue weighted by Crippen LogP contribution is -2.13. The van der Waals surface area contributed by atoms with Crippen molar-refractivity contribution in [3.05, 3.63) is 0 Å². The maximum atomic E-state index is 10.2. The largest absolute Gasteiger partial charge is 0.477 e. The second kappa shape index (κ2) is 5.67. The summed E-state index contributed by atoms with van der Waals surface area (Å²) in [7, 11) is 0. The second-order valence-electron chi connectivity index (χ2n) is 2.10. The average molecular weight is 160 g/mol. The second-order valence-corrected chi connectivity index (χ2v) is 2.10. The summed E-state index contributed by atoms with van der Waals surface area (Å²) in [6.07, 6.45) is 1.65. The Morgan fingerprint density at radius 3 is 2.45 bits per heavy atom. The van der Waals surface area contributed by atoms with Crippen LogP contribution in [-0.4, -0.2) is 28.5 Å². The first kappa shape index (κ1) is 9.90. The zero-order chi connectivity index (χ0) is 8.69. The fourth-order valence-corrected chi connectivity index (χ4v) is 0.636. The minimum Gasteiger partial charge on any atom is -0.477 e. The molecule has 0 bridgehead atoms. The van der Waals surface area contributed by atoms with E-state index >= 15 is 0 Å². The summed E-state index contributed by atoms with van der Waals surface area (Å²) in [5.74, 6) is -1.18. The number of oxime groups is 1. The van der Waals surface area contributed by atoms with Gasteiger partial charge in [-0.3, -0.25) is 0 Å². The molecule has 0 heterocycles. The molecule has 0 aromatic heterocycles. The Balaban J connectivity index is 3.63. The van der Waals surface area contributed by atoms with Crippen molar-refractivity contribution in [1.29, 1.82) is 0 Å². The molecule has 0 saturated heterocycles. The summed E-state index contributed by atoms with van der Waals surface area (Å²) in [5.41, 5.74) is 4.97. The quantitative estimate of drug-likeness (QED) is 0.229. The first-order valence-electron chi connectivity index (χ1n) is 3.36. The van der Waals surface area contributed by atoms with Gasteiger partial charge in [-0.2, -0.15) is 0 Å². The van der Waals surface area contributed by atoms with Crippen LogP contribution in [0.5, 0.6) is 0 Å². The van der Waals surface area contributed by atoms with Gasteiger partial charge < -0.3 is 16.0 Å². The average Bonchev–Trinajstić information content (AvgIpc) is 1.97. The summed E-state index contributed by atoms with van der Waals surface area (Å²) in [4.78, 5) is 10.2. The van der Waals surface area contributed by atoms with E-state index in [1.807, 2.05) is 0 Å². The molecule has 0 aromatic rings. The minimum absolute atomic E-state index is 0.210. The van der Waals surface area contributed by atoms with Crippen molar-refractivity contribution in [2.45, 2.75) is 19.3 Å². The van der Waals surface area contributed by atoms with Gasteiger partial charge in [0.25, 0.3) is 0 Å². The van der Waals surface area contributed by atoms with Gasteiger partial charge >= 0.3 is 5.97 Å². The fourth-order valence-electron chi connectivity index (χ4n) is 0.636. The number of carboxylic acid groups (broad SMARTS) is 1. The number of unbranched alkanes of at least 4 members (excludes halogenated alkanes) is 1. The molecule has 0 saturated carbocycles. The highest BCUT2D eigenvalue weighted by atomic mass is 16.4. The Labute approximate surface area is 64.5 Å². The van der Waals surface area contributed by atoms with Crippen molar-refractivity contribution < 1.29 is 15.1 Å². The van der Waals surface area contributed by atoms with Gasteiger partial charge in [0.05, 0.1) is 0 Å². The zero-order valence-corrected chi connectivity index (χ0v) is 6.16. The van der Waals surface area contributed by atoms with E-state index < -0.39 is 5.97 Å². The minimum atomic E-state index is -1.18. The molecule has 0 amide bonds. The van der Waals surface area contributed by atoms with Crippen LogP contribution in [0.4, 0.5) is 0 Å². The van der Waals surface area contributed by atoms with Gasteiger partial charge in [0, 0.05) is 6.42 Å². The van der Waals surface area contributed by atoms with Crippen molar-refractivity contribution in [3.63, 3.8) is 0 Å². The van der Waals surface area contributed by atoms with E-state index in [1.54, 1.807) is 0 Å². The number of carboxylic acids is 1. The fraction of sp³-hybridized carbons (Fsp3) is 0.667. The van der Waals surface area contributed by atoms with E-state index in [9.17, 15) is 4.79 Å². The SMILES string of the molecule is NCCCCC(=NO)C(=O)O. The van der Waals surface area contributed by atoms with Crippen LogP contribution >= 0.6 is 0 Å². The number of nitrogens with zero attached hydrogens (tertiary/aromatic N) is 1. The molecule has 0 radical (unpaired) electrons. The maximum absolute atomic E-state index is 10.2. The number of rotatable bonds is 5. The van der Waals surface area contributed by atoms with Crippen LogP contribution in [0.15, 0.2) is 5.16 Å². The molecule has 5 heteroatoms. The van der Waals surface area contributed by atoms with Crippen LogP contribution in [0.25, 0.3) is 0 Å². The third kappa shape index (κ3) is 4.32. The Morgan fingerprint density at radius 1 is 1.45 bits per heavy atom. The topological polar surface area (TPSA) is 95.9 Å². The molecular formula is C6H12N2O3. The van der Waals surface area contributed by atoms with Crippen molar-refractivity contribution in [3.8, 4) is 0 Å². The van der Waals surface area contributed by atoms with E-state index in [2.05, 4.69) is 5.16 Å². The first-order valence-corrected chi connectivity index (χ1v) is 3.36. The van der Waals surface area contributed by atoms with Crippen LogP contribution in [-0.2, 0) is 4.79 Å². The molecule has 5 nitrogen and oxygen atoms in total. The van der Waals surface area contributed by atoms with Gasteiger partial charge in [-0.05, 0) is 19.4 Å². The Kier molecular flexibility index (Phi) is 5.10. The molecule has 0 rings (SSSR count).